The predicted octanol–water partition coefficient (Wildman–Crippen LogP) is 4.84. The van der Waals surface area contributed by atoms with Gasteiger partial charge in [-0.15, -0.1) is 11.3 Å². The Labute approximate surface area is 155 Å². The van der Waals surface area contributed by atoms with Gasteiger partial charge in [-0.05, 0) is 31.0 Å². The second-order valence-corrected chi connectivity index (χ2v) is 7.97. The lowest BCUT2D eigenvalue weighted by molar-refractivity contribution is 0.103. The summed E-state index contributed by atoms with van der Waals surface area (Å²) in [6, 6.07) is 8.10. The van der Waals surface area contributed by atoms with E-state index in [4.69, 9.17) is 9.47 Å². The first-order valence-corrected chi connectivity index (χ1v) is 9.90. The maximum atomic E-state index is 12.6. The molecule has 2 aliphatic rings. The van der Waals surface area contributed by atoms with Crippen molar-refractivity contribution in [2.75, 3.05) is 18.5 Å². The molecular weight excluding hydrogens is 348 g/mol. The van der Waals surface area contributed by atoms with Gasteiger partial charge >= 0.3 is 0 Å². The molecule has 1 aromatic carbocycles. The largest absolute Gasteiger partial charge is 0.486 e. The van der Waals surface area contributed by atoms with Crippen LogP contribution in [0.2, 0.25) is 0 Å². The molecule has 3 aromatic rings. The van der Waals surface area contributed by atoms with Gasteiger partial charge in [0.1, 0.15) is 13.2 Å². The minimum atomic E-state index is -0.0877. The Kier molecular flexibility index (Phi) is 3.85. The quantitative estimate of drug-likeness (QED) is 0.720. The van der Waals surface area contributed by atoms with Gasteiger partial charge in [0, 0.05) is 35.6 Å². The second kappa shape index (κ2) is 6.36. The van der Waals surface area contributed by atoms with Gasteiger partial charge in [-0.2, -0.15) is 0 Å². The highest BCUT2D eigenvalue weighted by atomic mass is 32.1. The van der Waals surface area contributed by atoms with Gasteiger partial charge < -0.3 is 19.4 Å². The van der Waals surface area contributed by atoms with Crippen LogP contribution >= 0.6 is 11.3 Å². The van der Waals surface area contributed by atoms with Crippen molar-refractivity contribution < 1.29 is 14.3 Å². The summed E-state index contributed by atoms with van der Waals surface area (Å²) in [5.41, 5.74) is 0.716. The summed E-state index contributed by atoms with van der Waals surface area (Å²) >= 11 is 1.54. The van der Waals surface area contributed by atoms with Gasteiger partial charge in [0.25, 0.3) is 5.91 Å². The van der Waals surface area contributed by atoms with Crippen molar-refractivity contribution in [2.45, 2.75) is 31.7 Å². The molecule has 1 fully saturated rings. The van der Waals surface area contributed by atoms with Crippen LogP contribution in [0.5, 0.6) is 11.5 Å². The first kappa shape index (κ1) is 15.8. The lowest BCUT2D eigenvalue weighted by Crippen LogP contribution is -2.16. The summed E-state index contributed by atoms with van der Waals surface area (Å²) in [4.78, 5) is 13.3. The van der Waals surface area contributed by atoms with E-state index < -0.39 is 0 Å². The van der Waals surface area contributed by atoms with Crippen molar-refractivity contribution in [2.24, 2.45) is 0 Å². The number of nitrogens with one attached hydrogen (secondary N) is 1. The van der Waals surface area contributed by atoms with Crippen LogP contribution in [0.15, 0.2) is 36.7 Å². The van der Waals surface area contributed by atoms with Crippen molar-refractivity contribution in [3.8, 4) is 11.5 Å². The number of amides is 1. The molecule has 3 heterocycles. The molecule has 0 unspecified atom stereocenters. The number of ether oxygens (including phenoxy) is 2. The van der Waals surface area contributed by atoms with E-state index in [2.05, 4.69) is 22.3 Å². The molecule has 5 rings (SSSR count). The fraction of sp³-hybridized carbons (Fsp3) is 0.350. The minimum Gasteiger partial charge on any atom is -0.486 e. The number of benzene rings is 1. The first-order chi connectivity index (χ1) is 12.8. The minimum absolute atomic E-state index is 0.0877. The standard InChI is InChI=1S/C20H20N2O3S/c23-20(21-14-5-6-16-17(10-14)25-8-7-24-16)18-9-13-11-22(12-19(13)26-18)15-3-1-2-4-15/h5-6,9-12,15H,1-4,7-8H2,(H,21,23). The smallest absolute Gasteiger partial charge is 0.265 e. The highest BCUT2D eigenvalue weighted by Gasteiger charge is 2.19. The van der Waals surface area contributed by atoms with Crippen molar-refractivity contribution in [3.05, 3.63) is 41.5 Å². The Morgan fingerprint density at radius 2 is 1.88 bits per heavy atom. The molecule has 0 spiro atoms. The Hall–Kier alpha value is -2.47. The number of thiophene rings is 1. The molecule has 1 aliphatic heterocycles. The van der Waals surface area contributed by atoms with Crippen LogP contribution in [0.25, 0.3) is 10.1 Å². The zero-order valence-electron chi connectivity index (χ0n) is 14.4. The van der Waals surface area contributed by atoms with E-state index in [1.165, 1.54) is 30.4 Å². The molecule has 26 heavy (non-hydrogen) atoms. The number of hydrogen-bond donors (Lipinski definition) is 1. The lowest BCUT2D eigenvalue weighted by atomic mass is 10.2. The maximum absolute atomic E-state index is 12.6. The number of carbonyl (C=O) groups is 1. The molecule has 1 amide bonds. The van der Waals surface area contributed by atoms with Gasteiger partial charge in [0.05, 0.1) is 9.58 Å². The molecular formula is C20H20N2O3S. The van der Waals surface area contributed by atoms with Crippen LogP contribution in [0.4, 0.5) is 5.69 Å². The van der Waals surface area contributed by atoms with Crippen LogP contribution in [0.3, 0.4) is 0 Å². The van der Waals surface area contributed by atoms with Crippen LogP contribution < -0.4 is 14.8 Å². The summed E-state index contributed by atoms with van der Waals surface area (Å²) in [6.45, 7) is 1.09. The zero-order chi connectivity index (χ0) is 17.5. The third-order valence-electron chi connectivity index (χ3n) is 5.12. The zero-order valence-corrected chi connectivity index (χ0v) is 15.2. The first-order valence-electron chi connectivity index (χ1n) is 9.08. The van der Waals surface area contributed by atoms with E-state index in [0.29, 0.717) is 30.7 Å². The fourth-order valence-corrected chi connectivity index (χ4v) is 4.76. The van der Waals surface area contributed by atoms with Crippen molar-refractivity contribution in [1.82, 2.24) is 4.57 Å². The summed E-state index contributed by atoms with van der Waals surface area (Å²) in [7, 11) is 0. The summed E-state index contributed by atoms with van der Waals surface area (Å²) in [6.07, 6.45) is 9.54. The normalized spacial score (nSPS) is 16.9. The van der Waals surface area contributed by atoms with Gasteiger partial charge in [0.2, 0.25) is 0 Å². The van der Waals surface area contributed by atoms with Crippen LogP contribution in [-0.4, -0.2) is 23.7 Å². The highest BCUT2D eigenvalue weighted by molar-refractivity contribution is 7.20. The van der Waals surface area contributed by atoms with Gasteiger partial charge in [-0.3, -0.25) is 4.79 Å². The van der Waals surface area contributed by atoms with Crippen molar-refractivity contribution in [3.63, 3.8) is 0 Å². The molecule has 1 saturated carbocycles. The van der Waals surface area contributed by atoms with Crippen LogP contribution in [0.1, 0.15) is 41.4 Å². The Balaban J connectivity index is 1.34. The summed E-state index contributed by atoms with van der Waals surface area (Å²) in [5, 5.41) is 4.11. The van der Waals surface area contributed by atoms with Crippen molar-refractivity contribution >= 4 is 33.0 Å². The number of anilines is 1. The number of carbonyl (C=O) groups excluding carboxylic acids is 1. The molecule has 2 aromatic heterocycles. The summed E-state index contributed by atoms with van der Waals surface area (Å²) < 4.78 is 14.6. The average Bonchev–Trinajstić information content (AvgIpc) is 3.37. The number of rotatable bonds is 3. The molecule has 1 N–H and O–H groups in total. The summed E-state index contributed by atoms with van der Waals surface area (Å²) in [5.74, 6) is 1.31. The van der Waals surface area contributed by atoms with Gasteiger partial charge in [0.15, 0.2) is 11.5 Å². The van der Waals surface area contributed by atoms with E-state index in [9.17, 15) is 4.79 Å². The highest BCUT2D eigenvalue weighted by Crippen LogP contribution is 2.35. The molecule has 1 aliphatic carbocycles. The molecule has 0 atom stereocenters. The van der Waals surface area contributed by atoms with Crippen molar-refractivity contribution in [1.29, 1.82) is 0 Å². The number of aromatic nitrogens is 1. The van der Waals surface area contributed by atoms with Crippen LogP contribution in [0, 0.1) is 0 Å². The average molecular weight is 368 g/mol. The Morgan fingerprint density at radius 3 is 2.69 bits per heavy atom. The Bertz CT molecular complexity index is 937. The maximum Gasteiger partial charge on any atom is 0.265 e. The SMILES string of the molecule is O=C(Nc1ccc2c(c1)OCCO2)c1cc2cn(C3CCCC3)cc2s1. The van der Waals surface area contributed by atoms with Crippen LogP contribution in [-0.2, 0) is 0 Å². The van der Waals surface area contributed by atoms with E-state index in [-0.39, 0.29) is 5.91 Å². The van der Waals surface area contributed by atoms with E-state index in [1.54, 1.807) is 11.3 Å². The third kappa shape index (κ3) is 2.84. The molecule has 6 heteroatoms. The fourth-order valence-electron chi connectivity index (χ4n) is 3.79. The van der Waals surface area contributed by atoms with Gasteiger partial charge in [-0.25, -0.2) is 0 Å². The molecule has 0 bridgehead atoms. The van der Waals surface area contributed by atoms with E-state index >= 15 is 0 Å². The predicted molar refractivity (Wildman–Crippen MR) is 103 cm³/mol. The monoisotopic (exact) mass is 368 g/mol. The number of fused-ring (bicyclic) bond motifs is 2. The van der Waals surface area contributed by atoms with E-state index in [0.717, 1.165) is 16.0 Å². The third-order valence-corrected chi connectivity index (χ3v) is 6.20. The topological polar surface area (TPSA) is 52.5 Å². The van der Waals surface area contributed by atoms with E-state index in [1.807, 2.05) is 24.3 Å². The number of hydrogen-bond acceptors (Lipinski definition) is 4. The second-order valence-electron chi connectivity index (χ2n) is 6.89. The van der Waals surface area contributed by atoms with Gasteiger partial charge in [-0.1, -0.05) is 12.8 Å². The molecule has 0 saturated heterocycles. The molecule has 5 nitrogen and oxygen atoms in total. The molecule has 134 valence electrons. The lowest BCUT2D eigenvalue weighted by Gasteiger charge is -2.18. The molecule has 0 radical (unpaired) electrons. The Morgan fingerprint density at radius 1 is 1.08 bits per heavy atom. The number of nitrogens with zero attached hydrogens (tertiary/aromatic N) is 1.